The molecule has 0 aliphatic carbocycles. The van der Waals surface area contributed by atoms with Gasteiger partial charge in [-0.3, -0.25) is 4.79 Å². The zero-order valence-electron chi connectivity index (χ0n) is 8.50. The van der Waals surface area contributed by atoms with Crippen LogP contribution in [0.25, 0.3) is 0 Å². The van der Waals surface area contributed by atoms with Crippen molar-refractivity contribution in [1.82, 2.24) is 0 Å². The van der Waals surface area contributed by atoms with Gasteiger partial charge in [0.2, 0.25) is 0 Å². The lowest BCUT2D eigenvalue weighted by Gasteiger charge is -2.08. The summed E-state index contributed by atoms with van der Waals surface area (Å²) in [6.45, 7) is 3.79. The van der Waals surface area contributed by atoms with Crippen LogP contribution in [-0.2, 0) is 0 Å². The number of carbonyl (C=O) groups is 1. The van der Waals surface area contributed by atoms with Gasteiger partial charge in [0, 0.05) is 10.0 Å². The zero-order valence-corrected chi connectivity index (χ0v) is 10.1. The van der Waals surface area contributed by atoms with E-state index in [1.165, 1.54) is 6.92 Å². The molecule has 0 spiro atoms. The van der Waals surface area contributed by atoms with Crippen molar-refractivity contribution in [2.75, 3.05) is 6.61 Å². The third kappa shape index (κ3) is 2.37. The predicted octanol–water partition coefficient (Wildman–Crippen LogP) is 2.92. The number of rotatable bonds is 3. The van der Waals surface area contributed by atoms with Gasteiger partial charge in [0.1, 0.15) is 17.4 Å². The average molecular weight is 268 g/mol. The number of hydrogen-bond donors (Lipinski definition) is 0. The second-order valence-electron chi connectivity index (χ2n) is 2.90. The summed E-state index contributed by atoms with van der Waals surface area (Å²) in [5.74, 6) is 0.415. The molecule has 1 rings (SSSR count). The Morgan fingerprint density at radius 1 is 1.60 bits per heavy atom. The van der Waals surface area contributed by atoms with Crippen LogP contribution >= 0.6 is 15.9 Å². The van der Waals surface area contributed by atoms with Crippen LogP contribution < -0.4 is 4.74 Å². The smallest absolute Gasteiger partial charge is 0.160 e. The molecule has 0 aliphatic heterocycles. The highest BCUT2D eigenvalue weighted by Crippen LogP contribution is 2.29. The van der Waals surface area contributed by atoms with Crippen LogP contribution in [0, 0.1) is 11.3 Å². The maximum Gasteiger partial charge on any atom is 0.160 e. The van der Waals surface area contributed by atoms with Crippen molar-refractivity contribution in [2.45, 2.75) is 13.8 Å². The Morgan fingerprint density at radius 2 is 2.27 bits per heavy atom. The van der Waals surface area contributed by atoms with Crippen molar-refractivity contribution in [3.05, 3.63) is 27.7 Å². The fourth-order valence-electron chi connectivity index (χ4n) is 1.21. The number of nitriles is 1. The van der Waals surface area contributed by atoms with Gasteiger partial charge in [0.25, 0.3) is 0 Å². The van der Waals surface area contributed by atoms with Crippen LogP contribution in [0.4, 0.5) is 0 Å². The van der Waals surface area contributed by atoms with E-state index in [4.69, 9.17) is 10.00 Å². The van der Waals surface area contributed by atoms with Crippen LogP contribution in [-0.4, -0.2) is 12.4 Å². The lowest BCUT2D eigenvalue weighted by atomic mass is 10.1. The van der Waals surface area contributed by atoms with Crippen LogP contribution in [0.3, 0.4) is 0 Å². The van der Waals surface area contributed by atoms with Crippen molar-refractivity contribution < 1.29 is 9.53 Å². The first-order chi connectivity index (χ1) is 7.11. The minimum atomic E-state index is -0.0820. The summed E-state index contributed by atoms with van der Waals surface area (Å²) in [5.41, 5.74) is 0.861. The van der Waals surface area contributed by atoms with Crippen molar-refractivity contribution in [3.63, 3.8) is 0 Å². The van der Waals surface area contributed by atoms with E-state index in [9.17, 15) is 4.79 Å². The molecule has 0 fully saturated rings. The van der Waals surface area contributed by atoms with E-state index in [-0.39, 0.29) is 5.78 Å². The second kappa shape index (κ2) is 4.94. The highest BCUT2D eigenvalue weighted by molar-refractivity contribution is 9.10. The van der Waals surface area contributed by atoms with Gasteiger partial charge >= 0.3 is 0 Å². The molecule has 0 bridgehead atoms. The van der Waals surface area contributed by atoms with E-state index in [0.29, 0.717) is 28.0 Å². The molecule has 3 nitrogen and oxygen atoms in total. The Labute approximate surface area is 96.8 Å². The number of halogens is 1. The lowest BCUT2D eigenvalue weighted by molar-refractivity contribution is 0.101. The van der Waals surface area contributed by atoms with Crippen molar-refractivity contribution in [2.24, 2.45) is 0 Å². The van der Waals surface area contributed by atoms with E-state index in [0.717, 1.165) is 0 Å². The molecule has 1 aromatic carbocycles. The predicted molar refractivity (Wildman–Crippen MR) is 60.0 cm³/mol. The third-order valence-corrected chi connectivity index (χ3v) is 2.72. The number of hydrogen-bond acceptors (Lipinski definition) is 3. The first-order valence-corrected chi connectivity index (χ1v) is 5.27. The zero-order chi connectivity index (χ0) is 11.4. The van der Waals surface area contributed by atoms with Crippen molar-refractivity contribution in [1.29, 1.82) is 5.26 Å². The van der Waals surface area contributed by atoms with Crippen molar-refractivity contribution >= 4 is 21.7 Å². The average Bonchev–Trinajstić information content (AvgIpc) is 2.18. The highest BCUT2D eigenvalue weighted by Gasteiger charge is 2.14. The first kappa shape index (κ1) is 11.7. The molecule has 0 atom stereocenters. The van der Waals surface area contributed by atoms with E-state index in [1.807, 2.05) is 13.0 Å². The van der Waals surface area contributed by atoms with Gasteiger partial charge in [-0.25, -0.2) is 0 Å². The molecule has 15 heavy (non-hydrogen) atoms. The summed E-state index contributed by atoms with van der Waals surface area (Å²) in [7, 11) is 0. The Bertz CT molecular complexity index is 435. The molecule has 0 unspecified atom stereocenters. The Hall–Kier alpha value is -1.34. The maximum absolute atomic E-state index is 11.2. The summed E-state index contributed by atoms with van der Waals surface area (Å²) in [6.07, 6.45) is 0. The number of nitrogens with zero attached hydrogens (tertiary/aromatic N) is 1. The third-order valence-electron chi connectivity index (χ3n) is 1.89. The minimum Gasteiger partial charge on any atom is -0.492 e. The fraction of sp³-hybridized carbons (Fsp3) is 0.273. The largest absolute Gasteiger partial charge is 0.492 e. The van der Waals surface area contributed by atoms with Crippen LogP contribution in [0.5, 0.6) is 5.75 Å². The molecule has 4 heteroatoms. The molecule has 0 amide bonds. The second-order valence-corrected chi connectivity index (χ2v) is 3.69. The summed E-state index contributed by atoms with van der Waals surface area (Å²) < 4.78 is 5.78. The molecule has 0 saturated heterocycles. The number of ether oxygens (including phenoxy) is 1. The molecule has 0 aliphatic rings. The Balaban J connectivity index is 3.34. The van der Waals surface area contributed by atoms with Gasteiger partial charge in [-0.15, -0.1) is 0 Å². The summed E-state index contributed by atoms with van der Waals surface area (Å²) in [5, 5.41) is 8.96. The van der Waals surface area contributed by atoms with E-state index in [2.05, 4.69) is 15.9 Å². The van der Waals surface area contributed by atoms with Gasteiger partial charge in [0.05, 0.1) is 6.61 Å². The van der Waals surface area contributed by atoms with E-state index >= 15 is 0 Å². The van der Waals surface area contributed by atoms with Crippen LogP contribution in [0.2, 0.25) is 0 Å². The molecule has 1 aromatic rings. The standard InChI is InChI=1S/C11H10BrNO2/c1-3-15-10-5-4-8(7(2)14)11(12)9(10)6-13/h4-5H,3H2,1-2H3. The summed E-state index contributed by atoms with van der Waals surface area (Å²) in [6, 6.07) is 5.31. The van der Waals surface area contributed by atoms with Crippen LogP contribution in [0.15, 0.2) is 16.6 Å². The highest BCUT2D eigenvalue weighted by atomic mass is 79.9. The fourth-order valence-corrected chi connectivity index (χ4v) is 1.91. The topological polar surface area (TPSA) is 50.1 Å². The molecule has 0 heterocycles. The number of ketones is 1. The van der Waals surface area contributed by atoms with E-state index < -0.39 is 0 Å². The van der Waals surface area contributed by atoms with Crippen molar-refractivity contribution in [3.8, 4) is 11.8 Å². The quantitative estimate of drug-likeness (QED) is 0.792. The molecule has 0 N–H and O–H groups in total. The van der Waals surface area contributed by atoms with E-state index in [1.54, 1.807) is 12.1 Å². The van der Waals surface area contributed by atoms with Gasteiger partial charge in [0.15, 0.2) is 5.78 Å². The normalized spacial score (nSPS) is 9.47. The maximum atomic E-state index is 11.2. The van der Waals surface area contributed by atoms with Gasteiger partial charge in [-0.2, -0.15) is 5.26 Å². The summed E-state index contributed by atoms with van der Waals surface area (Å²) >= 11 is 3.24. The molecule has 78 valence electrons. The van der Waals surface area contributed by atoms with Gasteiger partial charge in [-0.1, -0.05) is 0 Å². The van der Waals surface area contributed by atoms with Crippen LogP contribution in [0.1, 0.15) is 29.8 Å². The SMILES string of the molecule is CCOc1ccc(C(C)=O)c(Br)c1C#N. The number of carbonyl (C=O) groups excluding carboxylic acids is 1. The Morgan fingerprint density at radius 3 is 2.73 bits per heavy atom. The number of benzene rings is 1. The lowest BCUT2D eigenvalue weighted by Crippen LogP contribution is -2.00. The monoisotopic (exact) mass is 267 g/mol. The molecular weight excluding hydrogens is 258 g/mol. The molecule has 0 radical (unpaired) electrons. The molecule has 0 saturated carbocycles. The minimum absolute atomic E-state index is 0.0820. The Kier molecular flexibility index (Phi) is 3.87. The molecule has 0 aromatic heterocycles. The molecular formula is C11H10BrNO2. The van der Waals surface area contributed by atoms with Gasteiger partial charge < -0.3 is 4.74 Å². The number of Topliss-reactive ketones (excluding diaryl/α,β-unsaturated/α-hetero) is 1. The first-order valence-electron chi connectivity index (χ1n) is 4.48. The van der Waals surface area contributed by atoms with Gasteiger partial charge in [-0.05, 0) is 41.9 Å². The summed E-state index contributed by atoms with van der Waals surface area (Å²) in [4.78, 5) is 11.2.